The highest BCUT2D eigenvalue weighted by Crippen LogP contribution is 2.66. The number of hydrogen-bond donors (Lipinski definition) is 7. The molecule has 1 aromatic heterocycles. The molecule has 0 bridgehead atoms. The van der Waals surface area contributed by atoms with Crippen molar-refractivity contribution in [2.75, 3.05) is 44.2 Å². The van der Waals surface area contributed by atoms with Crippen molar-refractivity contribution in [2.24, 2.45) is 0 Å². The lowest BCUT2D eigenvalue weighted by atomic mass is 9.81. The number of carboxylic acids is 1. The number of nitrogens with zero attached hydrogens (tertiary/aromatic N) is 3. The molecule has 0 saturated carbocycles. The van der Waals surface area contributed by atoms with E-state index in [-0.39, 0.29) is 36.1 Å². The third-order valence-corrected chi connectivity index (χ3v) is 17.0. The fraction of sp³-hybridized carbons (Fsp3) is 0.400. The van der Waals surface area contributed by atoms with Crippen LogP contribution in [0.4, 0.5) is 5.69 Å². The molecule has 7 heterocycles. The lowest BCUT2D eigenvalue weighted by Crippen LogP contribution is -2.45. The van der Waals surface area contributed by atoms with E-state index in [0.29, 0.717) is 11.1 Å². The average molecular weight is 1020 g/mol. The summed E-state index contributed by atoms with van der Waals surface area (Å²) in [5, 5.41) is 15.5. The summed E-state index contributed by atoms with van der Waals surface area (Å²) in [6, 6.07) is 8.81. The van der Waals surface area contributed by atoms with Gasteiger partial charge >= 0.3 is 35.1 Å². The second kappa shape index (κ2) is 18.6. The van der Waals surface area contributed by atoms with E-state index in [4.69, 9.17) is 19.3 Å². The van der Waals surface area contributed by atoms with Crippen LogP contribution in [0.2, 0.25) is 0 Å². The van der Waals surface area contributed by atoms with Crippen molar-refractivity contribution in [3.05, 3.63) is 118 Å². The number of carbonyl (C=O) groups excluding carboxylic acids is 1. The zero-order valence-electron chi connectivity index (χ0n) is 37.3. The molecule has 6 aliphatic heterocycles. The molecular weight excluding hydrogens is 975 g/mol. The first kappa shape index (κ1) is 48.1. The van der Waals surface area contributed by atoms with E-state index in [1.165, 1.54) is 34.3 Å². The van der Waals surface area contributed by atoms with Gasteiger partial charge in [0.25, 0.3) is 11.5 Å². The SMILES string of the molecule is O=C(NCC#Cc1cn([C@H]2CC[C@@H](COP(=O)(O)OP(=O)(O)OP(=O)(O)O)O2)c(=O)[nH]c1=O)c1ccc(C(=O)O)c(C2=c3cc4c5c(c3Oc3c2cc2c6c3CCCN6CCC2)CCC[N+]=5CCC4)c1. The zero-order valence-corrected chi connectivity index (χ0v) is 39.9. The van der Waals surface area contributed by atoms with Gasteiger partial charge in [-0.3, -0.25) is 23.7 Å². The van der Waals surface area contributed by atoms with Crippen molar-refractivity contribution in [1.29, 1.82) is 0 Å². The number of anilines is 1. The van der Waals surface area contributed by atoms with E-state index in [1.807, 2.05) is 0 Å². The first-order chi connectivity index (χ1) is 33.3. The number of amides is 1. The van der Waals surface area contributed by atoms with Crippen LogP contribution in [0, 0.1) is 11.8 Å². The van der Waals surface area contributed by atoms with Crippen LogP contribution < -0.4 is 41.4 Å². The monoisotopic (exact) mass is 1020 g/mol. The molecule has 1 saturated heterocycles. The first-order valence-electron chi connectivity index (χ1n) is 22.7. The Morgan fingerprint density at radius 2 is 1.61 bits per heavy atom. The van der Waals surface area contributed by atoms with E-state index in [9.17, 15) is 47.8 Å². The fourth-order valence-electron chi connectivity index (χ4n) is 10.5. The molecule has 0 spiro atoms. The van der Waals surface area contributed by atoms with Crippen LogP contribution in [0.5, 0.6) is 11.5 Å². The molecule has 4 aromatic rings. The topological polar surface area (TPSA) is 306 Å². The molecule has 368 valence electrons. The van der Waals surface area contributed by atoms with Crippen LogP contribution in [0.3, 0.4) is 0 Å². The van der Waals surface area contributed by atoms with Crippen molar-refractivity contribution in [3.8, 4) is 23.3 Å². The number of aromatic amines is 1. The van der Waals surface area contributed by atoms with Crippen LogP contribution in [0.1, 0.15) is 104 Å². The maximum atomic E-state index is 13.9. The molecule has 1 amide bonds. The normalized spacial score (nSPS) is 20.6. The maximum Gasteiger partial charge on any atom is 0.490 e. The van der Waals surface area contributed by atoms with E-state index in [1.54, 1.807) is 6.07 Å². The number of carbonyl (C=O) groups is 2. The number of ether oxygens (including phenoxy) is 2. The second-order valence-corrected chi connectivity index (χ2v) is 22.2. The van der Waals surface area contributed by atoms with Crippen LogP contribution in [-0.2, 0) is 57.3 Å². The zero-order chi connectivity index (χ0) is 49.3. The minimum Gasteiger partial charge on any atom is -0.478 e. The summed E-state index contributed by atoms with van der Waals surface area (Å²) < 4.78 is 63.1. The largest absolute Gasteiger partial charge is 0.490 e. The van der Waals surface area contributed by atoms with Gasteiger partial charge in [-0.1, -0.05) is 11.8 Å². The standard InChI is InChI=1S/C45H46N5O17P3/c51-42(46-15-1-6-28-23-50(45(55)47-43(28)52)36-14-12-29(64-36)24-63-69(59,60)67-70(61,62)66-68(56,57)58)27-11-13-30(44(53)54)33(22-27)37-34-20-25-7-2-16-48-18-4-9-31(38(25)48)40(34)65-41-32-10-5-19-49-17-3-8-26(39(32)49)21-35(37)41/h11,13,20-23,29,36H,2-5,7-10,12,14-19,24H2,(H6-,46,47,51,52,53,54,55,56,57,58,59,60,61,62)/p+1/t29-,36+/m0/s1. The minimum atomic E-state index is -5.73. The Balaban J connectivity index is 0.916. The van der Waals surface area contributed by atoms with Crippen molar-refractivity contribution in [2.45, 2.75) is 76.5 Å². The van der Waals surface area contributed by atoms with E-state index < -0.39 is 65.5 Å². The predicted octanol–water partition coefficient (Wildman–Crippen LogP) is 2.47. The number of H-pyrrole nitrogens is 1. The lowest BCUT2D eigenvalue weighted by Gasteiger charge is -2.39. The lowest BCUT2D eigenvalue weighted by molar-refractivity contribution is -0.0243. The van der Waals surface area contributed by atoms with Gasteiger partial charge in [0.15, 0.2) is 0 Å². The molecule has 1 fully saturated rings. The van der Waals surface area contributed by atoms with Crippen LogP contribution >= 0.6 is 23.5 Å². The van der Waals surface area contributed by atoms with Crippen molar-refractivity contribution in [1.82, 2.24) is 19.4 Å². The summed E-state index contributed by atoms with van der Waals surface area (Å²) in [6.45, 7) is 2.86. The summed E-state index contributed by atoms with van der Waals surface area (Å²) in [5.74, 6) is 5.13. The Hall–Kier alpha value is -5.52. The number of nitrogens with one attached hydrogen (secondary N) is 2. The van der Waals surface area contributed by atoms with E-state index in [2.05, 4.69) is 56.9 Å². The number of phosphoric acid groups is 3. The number of rotatable bonds is 12. The predicted molar refractivity (Wildman–Crippen MR) is 247 cm³/mol. The summed E-state index contributed by atoms with van der Waals surface area (Å²) >= 11 is 0. The van der Waals surface area contributed by atoms with E-state index in [0.717, 1.165) is 122 Å². The molecule has 6 aliphatic rings. The number of phosphoric ester groups is 1. The van der Waals surface area contributed by atoms with Gasteiger partial charge in [0.2, 0.25) is 5.36 Å². The third kappa shape index (κ3) is 9.52. The number of benzene rings is 3. The van der Waals surface area contributed by atoms with Gasteiger partial charge < -0.3 is 44.4 Å². The Bertz CT molecular complexity index is 3390. The van der Waals surface area contributed by atoms with Gasteiger partial charge in [-0.05, 0) is 92.8 Å². The molecule has 0 aliphatic carbocycles. The molecule has 7 N–H and O–H groups in total. The average Bonchev–Trinajstić information content (AvgIpc) is 3.78. The molecule has 3 aromatic carbocycles. The van der Waals surface area contributed by atoms with Gasteiger partial charge in [-0.15, -0.1) is 0 Å². The van der Waals surface area contributed by atoms with Crippen molar-refractivity contribution >= 4 is 46.6 Å². The number of fused-ring (bicyclic) bond motifs is 4. The van der Waals surface area contributed by atoms with Crippen molar-refractivity contribution < 1.29 is 70.6 Å². The van der Waals surface area contributed by atoms with Crippen LogP contribution in [-0.4, -0.2) is 91.5 Å². The number of aryl methyl sites for hydroxylation is 2. The molecule has 10 rings (SSSR count). The van der Waals surface area contributed by atoms with Gasteiger partial charge in [0.05, 0.1) is 30.4 Å². The van der Waals surface area contributed by atoms with Gasteiger partial charge in [0, 0.05) is 70.9 Å². The Morgan fingerprint density at radius 3 is 2.39 bits per heavy atom. The van der Waals surface area contributed by atoms with Gasteiger partial charge in [-0.2, -0.15) is 8.62 Å². The smallest absolute Gasteiger partial charge is 0.478 e. The van der Waals surface area contributed by atoms with Crippen LogP contribution in [0.25, 0.3) is 5.57 Å². The Kier molecular flexibility index (Phi) is 12.8. The molecule has 2 unspecified atom stereocenters. The number of carboxylic acid groups (broad SMARTS) is 1. The highest BCUT2D eigenvalue weighted by molar-refractivity contribution is 7.66. The number of hydrogen-bond acceptors (Lipinski definition) is 13. The van der Waals surface area contributed by atoms with Crippen LogP contribution in [0.15, 0.2) is 46.1 Å². The number of aromatic carboxylic acids is 1. The summed E-state index contributed by atoms with van der Waals surface area (Å²) in [6.07, 6.45) is 6.64. The third-order valence-electron chi connectivity index (χ3n) is 13.2. The molecule has 22 nitrogen and oxygen atoms in total. The summed E-state index contributed by atoms with van der Waals surface area (Å²) in [7, 11) is -16.7. The Labute approximate surface area is 397 Å². The van der Waals surface area contributed by atoms with Crippen molar-refractivity contribution in [3.63, 3.8) is 0 Å². The van der Waals surface area contributed by atoms with E-state index >= 15 is 0 Å². The molecule has 0 radical (unpaired) electrons. The highest BCUT2D eigenvalue weighted by Gasteiger charge is 2.42. The second-order valence-electron chi connectivity index (χ2n) is 17.8. The fourth-order valence-corrected chi connectivity index (χ4v) is 13.6. The summed E-state index contributed by atoms with van der Waals surface area (Å²) in [5.41, 5.74) is 6.07. The molecular formula is C45H47N5O17P3+. The Morgan fingerprint density at radius 1 is 0.871 bits per heavy atom. The first-order valence-corrected chi connectivity index (χ1v) is 27.2. The maximum absolute atomic E-state index is 13.9. The minimum absolute atomic E-state index is 0.0253. The highest BCUT2D eigenvalue weighted by atomic mass is 31.3. The number of aromatic nitrogens is 2. The quantitative estimate of drug-likeness (QED) is 0.0536. The summed E-state index contributed by atoms with van der Waals surface area (Å²) in [4.78, 5) is 93.9. The molecule has 70 heavy (non-hydrogen) atoms. The van der Waals surface area contributed by atoms with Gasteiger partial charge in [-0.25, -0.2) is 27.9 Å². The molecule has 25 heteroatoms. The molecule has 4 atom stereocenters. The van der Waals surface area contributed by atoms with Gasteiger partial charge in [0.1, 0.15) is 36.4 Å².